The van der Waals surface area contributed by atoms with Gasteiger partial charge in [-0.25, -0.2) is 4.79 Å². The van der Waals surface area contributed by atoms with Crippen molar-refractivity contribution >= 4 is 18.4 Å². The van der Waals surface area contributed by atoms with E-state index >= 15 is 0 Å². The minimum absolute atomic E-state index is 0.00231. The molecule has 1 saturated heterocycles. The molecule has 0 aromatic carbocycles. The lowest BCUT2D eigenvalue weighted by atomic mass is 9.86. The fourth-order valence-electron chi connectivity index (χ4n) is 3.60. The van der Waals surface area contributed by atoms with Crippen LogP contribution in [0.1, 0.15) is 99.8 Å². The first kappa shape index (κ1) is 29.2. The zero-order chi connectivity index (χ0) is 23.1. The highest BCUT2D eigenvalue weighted by Crippen LogP contribution is 2.39. The van der Waals surface area contributed by atoms with E-state index in [1.807, 2.05) is 25.7 Å². The van der Waals surface area contributed by atoms with Crippen molar-refractivity contribution in [3.63, 3.8) is 0 Å². The highest BCUT2D eigenvalue weighted by molar-refractivity contribution is 5.69. The average Bonchev–Trinajstić information content (AvgIpc) is 3.23. The third-order valence-electron chi connectivity index (χ3n) is 5.79. The van der Waals surface area contributed by atoms with Gasteiger partial charge in [-0.1, -0.05) is 40.0 Å². The molecule has 7 nitrogen and oxygen atoms in total. The van der Waals surface area contributed by atoms with E-state index in [1.165, 1.54) is 32.1 Å². The summed E-state index contributed by atoms with van der Waals surface area (Å²) in [6.45, 7) is 15.6. The fraction of sp³-hybridized carbons (Fsp3) is 0.864. The molecule has 168 valence electrons. The van der Waals surface area contributed by atoms with E-state index in [9.17, 15) is 4.79 Å². The van der Waals surface area contributed by atoms with Crippen molar-refractivity contribution in [3.8, 4) is 0 Å². The first-order chi connectivity index (χ1) is 13.4. The summed E-state index contributed by atoms with van der Waals surface area (Å²) in [5.74, 6) is 0. The van der Waals surface area contributed by atoms with Crippen molar-refractivity contribution in [3.05, 3.63) is 0 Å². The van der Waals surface area contributed by atoms with Crippen molar-refractivity contribution in [2.45, 2.75) is 111 Å². The maximum absolute atomic E-state index is 11.9. The summed E-state index contributed by atoms with van der Waals surface area (Å²) in [6.07, 6.45) is 10.8. The molecule has 2 fully saturated rings. The third kappa shape index (κ3) is 12.2. The minimum atomic E-state index is -0.395. The van der Waals surface area contributed by atoms with Crippen LogP contribution in [0, 0.1) is 5.41 Å². The van der Waals surface area contributed by atoms with Gasteiger partial charge in [0.15, 0.2) is 0 Å². The normalized spacial score (nSPS) is 21.7. The summed E-state index contributed by atoms with van der Waals surface area (Å²) in [5, 5.41) is 0. The zero-order valence-corrected chi connectivity index (χ0v) is 19.3. The lowest BCUT2D eigenvalue weighted by molar-refractivity contribution is -0.193. The summed E-state index contributed by atoms with van der Waals surface area (Å²) >= 11 is 0. The average molecular weight is 414 g/mol. The van der Waals surface area contributed by atoms with E-state index in [2.05, 4.69) is 27.7 Å². The van der Waals surface area contributed by atoms with Crippen LogP contribution in [0.4, 0.5) is 4.79 Å². The number of likely N-dealkylation sites (tertiary alicyclic amines) is 1. The number of hydrogen-bond donors (Lipinski definition) is 0. The zero-order valence-electron chi connectivity index (χ0n) is 19.3. The summed E-state index contributed by atoms with van der Waals surface area (Å²) in [6, 6.07) is 0. The molecule has 0 spiro atoms. The predicted octanol–water partition coefficient (Wildman–Crippen LogP) is 5.00. The summed E-state index contributed by atoms with van der Waals surface area (Å²) in [5.41, 5.74) is 0.344. The van der Waals surface area contributed by atoms with Crippen molar-refractivity contribution in [2.24, 2.45) is 5.41 Å². The van der Waals surface area contributed by atoms with Crippen LogP contribution >= 0.6 is 0 Å². The molecule has 1 aliphatic heterocycles. The summed E-state index contributed by atoms with van der Waals surface area (Å²) in [7, 11) is 0. The van der Waals surface area contributed by atoms with Crippen LogP contribution in [0.25, 0.3) is 0 Å². The Balaban J connectivity index is 0. The van der Waals surface area contributed by atoms with E-state index in [0.29, 0.717) is 0 Å². The lowest BCUT2D eigenvalue weighted by Gasteiger charge is -2.35. The Bertz CT molecular complexity index is 524. The summed E-state index contributed by atoms with van der Waals surface area (Å²) < 4.78 is 5.41. The number of carbonyl (C=O) groups excluding carboxylic acids is 5. The van der Waals surface area contributed by atoms with Gasteiger partial charge >= 0.3 is 18.4 Å². The van der Waals surface area contributed by atoms with Gasteiger partial charge in [-0.05, 0) is 65.2 Å². The van der Waals surface area contributed by atoms with Gasteiger partial charge in [0.1, 0.15) is 5.60 Å². The molecule has 0 bridgehead atoms. The number of amides is 1. The van der Waals surface area contributed by atoms with Crippen molar-refractivity contribution < 1.29 is 28.7 Å². The highest BCUT2D eigenvalue weighted by Gasteiger charge is 2.40. The van der Waals surface area contributed by atoms with Gasteiger partial charge < -0.3 is 9.64 Å². The highest BCUT2D eigenvalue weighted by atomic mass is 16.6. The molecule has 2 rings (SSSR count). The molecule has 0 aromatic heterocycles. The van der Waals surface area contributed by atoms with Crippen LogP contribution in [0.3, 0.4) is 0 Å². The molecule has 1 saturated carbocycles. The fourth-order valence-corrected chi connectivity index (χ4v) is 3.60. The van der Waals surface area contributed by atoms with Gasteiger partial charge in [-0.3, -0.25) is 0 Å². The first-order valence-electron chi connectivity index (χ1n) is 10.4. The van der Waals surface area contributed by atoms with Gasteiger partial charge in [-0.2, -0.15) is 19.2 Å². The molecule has 0 aromatic rings. The molecule has 1 heterocycles. The topological polar surface area (TPSA) is 97.8 Å². The van der Waals surface area contributed by atoms with E-state index in [0.717, 1.165) is 31.2 Å². The van der Waals surface area contributed by atoms with E-state index in [-0.39, 0.29) is 23.9 Å². The van der Waals surface area contributed by atoms with E-state index in [4.69, 9.17) is 23.9 Å². The molecule has 7 heteroatoms. The second-order valence-electron chi connectivity index (χ2n) is 9.12. The van der Waals surface area contributed by atoms with Crippen LogP contribution in [-0.4, -0.2) is 41.0 Å². The van der Waals surface area contributed by atoms with Gasteiger partial charge in [-0.15, -0.1) is 0 Å². The van der Waals surface area contributed by atoms with Crippen LogP contribution in [-0.2, 0) is 23.9 Å². The monoisotopic (exact) mass is 413 g/mol. The Morgan fingerprint density at radius 1 is 0.897 bits per heavy atom. The molecule has 0 radical (unpaired) electrons. The quantitative estimate of drug-likeness (QED) is 0.632. The van der Waals surface area contributed by atoms with Gasteiger partial charge in [0.2, 0.25) is 0 Å². The number of rotatable bonds is 2. The Morgan fingerprint density at radius 3 is 1.66 bits per heavy atom. The Kier molecular flexibility index (Phi) is 14.2. The van der Waals surface area contributed by atoms with E-state index < -0.39 is 5.60 Å². The van der Waals surface area contributed by atoms with E-state index in [1.54, 1.807) is 0 Å². The molecule has 29 heavy (non-hydrogen) atoms. The molecule has 2 aliphatic rings. The van der Waals surface area contributed by atoms with Crippen LogP contribution in [0.2, 0.25) is 0 Å². The maximum Gasteiger partial charge on any atom is 0.410 e. The Hall–Kier alpha value is -1.97. The number of nitrogens with zero attached hydrogens (tertiary/aromatic N) is 1. The molecule has 1 aliphatic carbocycles. The second-order valence-corrected chi connectivity index (χ2v) is 9.12. The SMILES string of the molecule is CCC1(C)CCCC1.CCC1(C)CCCN1C(=O)OC(C)(C)C.O=C=O.O=C=O. The predicted molar refractivity (Wildman–Crippen MR) is 108 cm³/mol. The standard InChI is InChI=1S/C12H23NO2.C8H16.2CO2/c1-6-12(5)8-7-9-13(12)10(14)15-11(2,3)4;1-3-8(2)6-4-5-7-8;2*2-1-3/h6-9H2,1-5H3;3-7H2,1-2H3;;. The Morgan fingerprint density at radius 2 is 1.34 bits per heavy atom. The second kappa shape index (κ2) is 14.1. The first-order valence-corrected chi connectivity index (χ1v) is 10.4. The molecular weight excluding hydrogens is 374 g/mol. The smallest absolute Gasteiger partial charge is 0.410 e. The molecular formula is C22H39NO6. The molecule has 1 amide bonds. The minimum Gasteiger partial charge on any atom is -0.444 e. The Labute approximate surface area is 175 Å². The largest absolute Gasteiger partial charge is 0.444 e. The van der Waals surface area contributed by atoms with Crippen molar-refractivity contribution in [2.75, 3.05) is 6.54 Å². The maximum atomic E-state index is 11.9. The summed E-state index contributed by atoms with van der Waals surface area (Å²) in [4.78, 5) is 46.3. The van der Waals surface area contributed by atoms with Crippen molar-refractivity contribution in [1.82, 2.24) is 4.90 Å². The van der Waals surface area contributed by atoms with Gasteiger partial charge in [0, 0.05) is 12.1 Å². The third-order valence-corrected chi connectivity index (χ3v) is 5.79. The van der Waals surface area contributed by atoms with Gasteiger partial charge in [0.05, 0.1) is 0 Å². The number of carbonyl (C=O) groups is 1. The number of hydrogen-bond acceptors (Lipinski definition) is 6. The van der Waals surface area contributed by atoms with Crippen LogP contribution in [0.15, 0.2) is 0 Å². The van der Waals surface area contributed by atoms with Crippen molar-refractivity contribution in [1.29, 1.82) is 0 Å². The van der Waals surface area contributed by atoms with Gasteiger partial charge in [0.25, 0.3) is 0 Å². The molecule has 1 unspecified atom stereocenters. The number of ether oxygens (including phenoxy) is 1. The molecule has 0 N–H and O–H groups in total. The lowest BCUT2D eigenvalue weighted by Crippen LogP contribution is -2.46. The van der Waals surface area contributed by atoms with Crippen LogP contribution in [0.5, 0.6) is 0 Å². The molecule has 1 atom stereocenters. The van der Waals surface area contributed by atoms with Crippen LogP contribution < -0.4 is 0 Å².